The van der Waals surface area contributed by atoms with Gasteiger partial charge in [-0.3, -0.25) is 0 Å². The minimum atomic E-state index is -0.533. The third-order valence-corrected chi connectivity index (χ3v) is 3.97. The summed E-state index contributed by atoms with van der Waals surface area (Å²) in [5.41, 5.74) is 1.94. The molecule has 0 saturated heterocycles. The number of fused-ring (bicyclic) bond motifs is 5. The molecule has 2 aromatic carbocycles. The molecule has 1 aliphatic heterocycles. The van der Waals surface area contributed by atoms with Crippen LogP contribution in [0.15, 0.2) is 45.6 Å². The van der Waals surface area contributed by atoms with Crippen LogP contribution >= 0.6 is 0 Å². The zero-order valence-corrected chi connectivity index (χ0v) is 11.9. The molecule has 0 amide bonds. The summed E-state index contributed by atoms with van der Waals surface area (Å²) in [6, 6.07) is 11.1. The predicted molar refractivity (Wildman–Crippen MR) is 81.8 cm³/mol. The standard InChI is InChI=1S/C18H10FNO3/c19-11-2-4-12-13-5-6-22-15-7-10(9-20)1-3-14(15)17(13)18(21)23-16(12)8-11/h1-4,7-8H,5-6H2. The Balaban J connectivity index is 2.09. The Morgan fingerprint density at radius 1 is 1.17 bits per heavy atom. The minimum absolute atomic E-state index is 0.228. The molecule has 5 heteroatoms. The van der Waals surface area contributed by atoms with Gasteiger partial charge in [-0.2, -0.15) is 5.26 Å². The highest BCUT2D eigenvalue weighted by molar-refractivity contribution is 5.88. The molecule has 4 rings (SSSR count). The summed E-state index contributed by atoms with van der Waals surface area (Å²) in [7, 11) is 0. The SMILES string of the molecule is N#Cc1ccc2c(c1)OCCc1c-2c(=O)oc2cc(F)ccc12. The van der Waals surface area contributed by atoms with Gasteiger partial charge in [0.2, 0.25) is 0 Å². The van der Waals surface area contributed by atoms with Gasteiger partial charge >= 0.3 is 5.63 Å². The molecule has 0 atom stereocenters. The van der Waals surface area contributed by atoms with Crippen molar-refractivity contribution in [1.82, 2.24) is 0 Å². The molecule has 0 bridgehead atoms. The molecule has 23 heavy (non-hydrogen) atoms. The van der Waals surface area contributed by atoms with E-state index >= 15 is 0 Å². The maximum atomic E-state index is 13.4. The first-order valence-corrected chi connectivity index (χ1v) is 7.10. The van der Waals surface area contributed by atoms with Crippen molar-refractivity contribution < 1.29 is 13.5 Å². The highest BCUT2D eigenvalue weighted by Gasteiger charge is 2.22. The summed E-state index contributed by atoms with van der Waals surface area (Å²) in [5, 5.41) is 9.70. The highest BCUT2D eigenvalue weighted by atomic mass is 19.1. The van der Waals surface area contributed by atoms with Gasteiger partial charge < -0.3 is 9.15 Å². The van der Waals surface area contributed by atoms with Gasteiger partial charge in [0.05, 0.1) is 23.8 Å². The van der Waals surface area contributed by atoms with E-state index in [0.717, 1.165) is 5.56 Å². The molecule has 2 heterocycles. The number of benzene rings is 2. The first kappa shape index (κ1) is 13.5. The number of hydrogen-bond acceptors (Lipinski definition) is 4. The predicted octanol–water partition coefficient (Wildman–Crippen LogP) is 3.41. The monoisotopic (exact) mass is 307 g/mol. The molecular formula is C18H10FNO3. The molecule has 0 spiro atoms. The lowest BCUT2D eigenvalue weighted by Crippen LogP contribution is -2.08. The van der Waals surface area contributed by atoms with E-state index in [1.54, 1.807) is 24.3 Å². The van der Waals surface area contributed by atoms with Crippen molar-refractivity contribution in [2.45, 2.75) is 6.42 Å². The topological polar surface area (TPSA) is 63.2 Å². The second kappa shape index (κ2) is 4.96. The van der Waals surface area contributed by atoms with Gasteiger partial charge in [-0.05, 0) is 35.9 Å². The van der Waals surface area contributed by atoms with Crippen LogP contribution < -0.4 is 10.4 Å². The van der Waals surface area contributed by atoms with Crippen molar-refractivity contribution in [1.29, 1.82) is 5.26 Å². The molecule has 0 radical (unpaired) electrons. The van der Waals surface area contributed by atoms with E-state index < -0.39 is 11.4 Å². The first-order chi connectivity index (χ1) is 11.2. The Morgan fingerprint density at radius 3 is 2.87 bits per heavy atom. The summed E-state index contributed by atoms with van der Waals surface area (Å²) in [6.45, 7) is 0.366. The van der Waals surface area contributed by atoms with Crippen LogP contribution in [-0.2, 0) is 6.42 Å². The van der Waals surface area contributed by atoms with Crippen molar-refractivity contribution in [3.8, 4) is 22.9 Å². The number of nitrogens with zero attached hydrogens (tertiary/aromatic N) is 1. The number of halogens is 1. The number of hydrogen-bond donors (Lipinski definition) is 0. The van der Waals surface area contributed by atoms with E-state index in [4.69, 9.17) is 14.4 Å². The van der Waals surface area contributed by atoms with Gasteiger partial charge in [0.25, 0.3) is 0 Å². The molecule has 0 N–H and O–H groups in total. The first-order valence-electron chi connectivity index (χ1n) is 7.10. The fourth-order valence-corrected chi connectivity index (χ4v) is 2.95. The highest BCUT2D eigenvalue weighted by Crippen LogP contribution is 2.36. The van der Waals surface area contributed by atoms with Crippen LogP contribution in [0.25, 0.3) is 22.1 Å². The summed E-state index contributed by atoms with van der Waals surface area (Å²) in [4.78, 5) is 12.4. The molecular weight excluding hydrogens is 297 g/mol. The van der Waals surface area contributed by atoms with Crippen molar-refractivity contribution >= 4 is 11.0 Å². The summed E-state index contributed by atoms with van der Waals surface area (Å²) in [5.74, 6) is 0.0288. The molecule has 1 aliphatic rings. The third kappa shape index (κ3) is 2.08. The van der Waals surface area contributed by atoms with Crippen LogP contribution in [0.3, 0.4) is 0 Å². The normalized spacial score (nSPS) is 12.7. The van der Waals surface area contributed by atoms with Crippen LogP contribution in [0.5, 0.6) is 5.75 Å². The smallest absolute Gasteiger partial charge is 0.344 e. The van der Waals surface area contributed by atoms with Crippen LogP contribution in [0, 0.1) is 17.1 Å². The van der Waals surface area contributed by atoms with E-state index in [0.29, 0.717) is 40.9 Å². The van der Waals surface area contributed by atoms with Crippen molar-refractivity contribution in [3.05, 3.63) is 63.8 Å². The quantitative estimate of drug-likeness (QED) is 0.597. The Hall–Kier alpha value is -3.13. The Morgan fingerprint density at radius 2 is 2.04 bits per heavy atom. The third-order valence-electron chi connectivity index (χ3n) is 3.97. The minimum Gasteiger partial charge on any atom is -0.493 e. The number of ether oxygens (including phenoxy) is 1. The van der Waals surface area contributed by atoms with Gasteiger partial charge in [-0.15, -0.1) is 0 Å². The van der Waals surface area contributed by atoms with E-state index in [2.05, 4.69) is 0 Å². The van der Waals surface area contributed by atoms with Crippen LogP contribution in [0.4, 0.5) is 4.39 Å². The van der Waals surface area contributed by atoms with Crippen LogP contribution in [-0.4, -0.2) is 6.61 Å². The van der Waals surface area contributed by atoms with Crippen molar-refractivity contribution in [2.75, 3.05) is 6.61 Å². The zero-order valence-electron chi connectivity index (χ0n) is 11.9. The summed E-state index contributed by atoms with van der Waals surface area (Å²) >= 11 is 0. The number of nitriles is 1. The lowest BCUT2D eigenvalue weighted by molar-refractivity contribution is 0.327. The zero-order chi connectivity index (χ0) is 16.0. The van der Waals surface area contributed by atoms with Gasteiger partial charge in [-0.25, -0.2) is 9.18 Å². The molecule has 4 nitrogen and oxygen atoms in total. The molecule has 0 aliphatic carbocycles. The van der Waals surface area contributed by atoms with E-state index in [-0.39, 0.29) is 5.58 Å². The molecule has 112 valence electrons. The van der Waals surface area contributed by atoms with E-state index in [1.807, 2.05) is 6.07 Å². The fourth-order valence-electron chi connectivity index (χ4n) is 2.95. The fraction of sp³-hybridized carbons (Fsp3) is 0.111. The molecule has 3 aromatic rings. The maximum Gasteiger partial charge on any atom is 0.344 e. The van der Waals surface area contributed by atoms with Gasteiger partial charge in [-0.1, -0.05) is 0 Å². The van der Waals surface area contributed by atoms with Gasteiger partial charge in [0.1, 0.15) is 17.1 Å². The van der Waals surface area contributed by atoms with Gasteiger partial charge in [0, 0.05) is 23.4 Å². The van der Waals surface area contributed by atoms with E-state index in [1.165, 1.54) is 12.1 Å². The molecule has 0 saturated carbocycles. The van der Waals surface area contributed by atoms with Crippen molar-refractivity contribution in [2.24, 2.45) is 0 Å². The average molecular weight is 307 g/mol. The second-order valence-electron chi connectivity index (χ2n) is 5.30. The average Bonchev–Trinajstić information content (AvgIpc) is 2.73. The lowest BCUT2D eigenvalue weighted by Gasteiger charge is -2.09. The second-order valence-corrected chi connectivity index (χ2v) is 5.30. The van der Waals surface area contributed by atoms with Crippen molar-refractivity contribution in [3.63, 3.8) is 0 Å². The largest absolute Gasteiger partial charge is 0.493 e. The lowest BCUT2D eigenvalue weighted by atomic mass is 9.96. The summed E-state index contributed by atoms with van der Waals surface area (Å²) in [6.07, 6.45) is 0.500. The van der Waals surface area contributed by atoms with Crippen LogP contribution in [0.2, 0.25) is 0 Å². The molecule has 0 unspecified atom stereocenters. The Labute approximate surface area is 130 Å². The van der Waals surface area contributed by atoms with Crippen LogP contribution in [0.1, 0.15) is 11.1 Å². The van der Waals surface area contributed by atoms with E-state index in [9.17, 15) is 9.18 Å². The maximum absolute atomic E-state index is 13.4. The molecule has 1 aromatic heterocycles. The number of rotatable bonds is 0. The Kier molecular flexibility index (Phi) is 2.91. The van der Waals surface area contributed by atoms with Gasteiger partial charge in [0.15, 0.2) is 0 Å². The Bertz CT molecular complexity index is 1050. The molecule has 0 fully saturated rings. The summed E-state index contributed by atoms with van der Waals surface area (Å²) < 4.78 is 24.4.